The molecule has 1 rings (SSSR count). The molecule has 0 aromatic heterocycles. The van der Waals surface area contributed by atoms with Gasteiger partial charge in [0.1, 0.15) is 0 Å². The molecule has 0 fully saturated rings. The Bertz CT molecular complexity index is 456. The SMILES string of the molecule is CC(C)(CBr)NS(=O)(=O)c1ccc(Cl)cc1. The fraction of sp³-hybridized carbons (Fsp3) is 0.400. The van der Waals surface area contributed by atoms with Gasteiger partial charge in [-0.25, -0.2) is 13.1 Å². The first kappa shape index (κ1) is 14.0. The molecule has 0 heterocycles. The molecule has 0 radical (unpaired) electrons. The summed E-state index contributed by atoms with van der Waals surface area (Å²) in [6.45, 7) is 3.60. The molecule has 0 bridgehead atoms. The van der Waals surface area contributed by atoms with E-state index in [2.05, 4.69) is 20.7 Å². The maximum Gasteiger partial charge on any atom is 0.241 e. The van der Waals surface area contributed by atoms with Crippen LogP contribution in [0.4, 0.5) is 0 Å². The number of hydrogen-bond donors (Lipinski definition) is 1. The predicted octanol–water partition coefficient (Wildman–Crippen LogP) is 2.79. The number of alkyl halides is 1. The summed E-state index contributed by atoms with van der Waals surface area (Å²) < 4.78 is 26.5. The molecule has 0 aliphatic heterocycles. The average Bonchev–Trinajstić information content (AvgIpc) is 2.17. The predicted molar refractivity (Wildman–Crippen MR) is 69.6 cm³/mol. The lowest BCUT2D eigenvalue weighted by molar-refractivity contribution is 0.500. The van der Waals surface area contributed by atoms with Crippen molar-refractivity contribution < 1.29 is 8.42 Å². The van der Waals surface area contributed by atoms with Gasteiger partial charge in [0, 0.05) is 15.9 Å². The number of sulfonamides is 1. The Morgan fingerprint density at radius 3 is 2.25 bits per heavy atom. The normalized spacial score (nSPS) is 12.8. The molecular formula is C10H13BrClNO2S. The highest BCUT2D eigenvalue weighted by atomic mass is 79.9. The summed E-state index contributed by atoms with van der Waals surface area (Å²) in [4.78, 5) is 0.214. The summed E-state index contributed by atoms with van der Waals surface area (Å²) in [6, 6.07) is 6.07. The molecule has 0 saturated heterocycles. The Kier molecular flexibility index (Phi) is 4.40. The minimum absolute atomic E-state index is 0.214. The lowest BCUT2D eigenvalue weighted by Crippen LogP contribution is -2.44. The quantitative estimate of drug-likeness (QED) is 0.865. The molecule has 16 heavy (non-hydrogen) atoms. The number of rotatable bonds is 4. The van der Waals surface area contributed by atoms with Crippen LogP contribution in [0.1, 0.15) is 13.8 Å². The largest absolute Gasteiger partial charge is 0.241 e. The topological polar surface area (TPSA) is 46.2 Å². The fourth-order valence-electron chi connectivity index (χ4n) is 1.06. The fourth-order valence-corrected chi connectivity index (χ4v) is 2.93. The second-order valence-corrected chi connectivity index (χ2v) is 6.76. The van der Waals surface area contributed by atoms with E-state index in [4.69, 9.17) is 11.6 Å². The van der Waals surface area contributed by atoms with Crippen LogP contribution in [0.25, 0.3) is 0 Å². The van der Waals surface area contributed by atoms with E-state index in [9.17, 15) is 8.42 Å². The van der Waals surface area contributed by atoms with Gasteiger partial charge in [-0.15, -0.1) is 0 Å². The van der Waals surface area contributed by atoms with Gasteiger partial charge in [-0.1, -0.05) is 27.5 Å². The van der Waals surface area contributed by atoms with Crippen molar-refractivity contribution >= 4 is 37.6 Å². The summed E-state index contributed by atoms with van der Waals surface area (Å²) in [5, 5.41) is 1.05. The van der Waals surface area contributed by atoms with E-state index in [1.807, 2.05) is 0 Å². The van der Waals surface area contributed by atoms with Crippen LogP contribution in [-0.2, 0) is 10.0 Å². The summed E-state index contributed by atoms with van der Waals surface area (Å²) in [7, 11) is -3.49. The maximum absolute atomic E-state index is 11.9. The van der Waals surface area contributed by atoms with Crippen molar-refractivity contribution in [3.63, 3.8) is 0 Å². The minimum Gasteiger partial charge on any atom is -0.207 e. The highest BCUT2D eigenvalue weighted by Crippen LogP contribution is 2.17. The third-order valence-corrected chi connectivity index (χ3v) is 5.24. The van der Waals surface area contributed by atoms with Crippen LogP contribution in [0.15, 0.2) is 29.2 Å². The van der Waals surface area contributed by atoms with Gasteiger partial charge in [0.2, 0.25) is 10.0 Å². The molecule has 1 aromatic rings. The molecular weight excluding hydrogens is 314 g/mol. The van der Waals surface area contributed by atoms with E-state index >= 15 is 0 Å². The molecule has 90 valence electrons. The number of halogens is 2. The Balaban J connectivity index is 2.99. The summed E-state index contributed by atoms with van der Waals surface area (Å²) in [6.07, 6.45) is 0. The first-order valence-electron chi connectivity index (χ1n) is 4.62. The van der Waals surface area contributed by atoms with Crippen LogP contribution in [0, 0.1) is 0 Å². The van der Waals surface area contributed by atoms with Gasteiger partial charge in [-0.2, -0.15) is 0 Å². The van der Waals surface area contributed by atoms with Crippen molar-refractivity contribution in [2.75, 3.05) is 5.33 Å². The van der Waals surface area contributed by atoms with Crippen molar-refractivity contribution in [3.05, 3.63) is 29.3 Å². The smallest absolute Gasteiger partial charge is 0.207 e. The van der Waals surface area contributed by atoms with Crippen molar-refractivity contribution in [1.82, 2.24) is 4.72 Å². The molecule has 0 aliphatic rings. The third-order valence-electron chi connectivity index (χ3n) is 1.87. The van der Waals surface area contributed by atoms with Crippen LogP contribution >= 0.6 is 27.5 Å². The lowest BCUT2D eigenvalue weighted by Gasteiger charge is -2.23. The van der Waals surface area contributed by atoms with Crippen LogP contribution < -0.4 is 4.72 Å². The number of hydrogen-bond acceptors (Lipinski definition) is 2. The molecule has 1 N–H and O–H groups in total. The van der Waals surface area contributed by atoms with Gasteiger partial charge in [0.25, 0.3) is 0 Å². The standard InChI is InChI=1S/C10H13BrClNO2S/c1-10(2,7-11)13-16(14,15)9-5-3-8(12)4-6-9/h3-6,13H,7H2,1-2H3. The molecule has 1 aromatic carbocycles. The van der Waals surface area contributed by atoms with Gasteiger partial charge in [0.05, 0.1) is 4.90 Å². The molecule has 0 saturated carbocycles. The van der Waals surface area contributed by atoms with E-state index in [0.717, 1.165) is 0 Å². The van der Waals surface area contributed by atoms with Crippen LogP contribution in [0.5, 0.6) is 0 Å². The first-order valence-corrected chi connectivity index (χ1v) is 7.61. The second-order valence-electron chi connectivity index (χ2n) is 4.08. The molecule has 0 aliphatic carbocycles. The Morgan fingerprint density at radius 1 is 1.31 bits per heavy atom. The highest BCUT2D eigenvalue weighted by molar-refractivity contribution is 9.09. The molecule has 0 spiro atoms. The third kappa shape index (κ3) is 3.73. The Hall–Kier alpha value is -0.100. The zero-order chi connectivity index (χ0) is 12.4. The molecule has 6 heteroatoms. The van der Waals surface area contributed by atoms with Crippen molar-refractivity contribution in [3.8, 4) is 0 Å². The molecule has 3 nitrogen and oxygen atoms in total. The van der Waals surface area contributed by atoms with Crippen molar-refractivity contribution in [1.29, 1.82) is 0 Å². The van der Waals surface area contributed by atoms with Crippen molar-refractivity contribution in [2.45, 2.75) is 24.3 Å². The molecule has 0 amide bonds. The zero-order valence-corrected chi connectivity index (χ0v) is 12.2. The average molecular weight is 327 g/mol. The van der Waals surface area contributed by atoms with Gasteiger partial charge in [-0.05, 0) is 38.1 Å². The van der Waals surface area contributed by atoms with Crippen LogP contribution in [0.2, 0.25) is 5.02 Å². The zero-order valence-electron chi connectivity index (χ0n) is 9.00. The van der Waals surface area contributed by atoms with Crippen LogP contribution in [-0.4, -0.2) is 19.3 Å². The number of nitrogens with one attached hydrogen (secondary N) is 1. The van der Waals surface area contributed by atoms with Crippen molar-refractivity contribution in [2.24, 2.45) is 0 Å². The van der Waals surface area contributed by atoms with E-state index in [1.54, 1.807) is 26.0 Å². The number of benzene rings is 1. The van der Waals surface area contributed by atoms with Gasteiger partial charge in [-0.3, -0.25) is 0 Å². The Labute approximate surface area is 109 Å². The van der Waals surface area contributed by atoms with E-state index in [1.165, 1.54) is 12.1 Å². The summed E-state index contributed by atoms with van der Waals surface area (Å²) in [5.41, 5.74) is -0.529. The molecule has 0 unspecified atom stereocenters. The lowest BCUT2D eigenvalue weighted by atomic mass is 10.1. The van der Waals surface area contributed by atoms with E-state index in [0.29, 0.717) is 10.4 Å². The van der Waals surface area contributed by atoms with Gasteiger partial charge < -0.3 is 0 Å². The summed E-state index contributed by atoms with van der Waals surface area (Å²) in [5.74, 6) is 0. The molecule has 0 atom stereocenters. The monoisotopic (exact) mass is 325 g/mol. The van der Waals surface area contributed by atoms with Crippen LogP contribution in [0.3, 0.4) is 0 Å². The van der Waals surface area contributed by atoms with E-state index in [-0.39, 0.29) is 4.90 Å². The van der Waals surface area contributed by atoms with Gasteiger partial charge >= 0.3 is 0 Å². The van der Waals surface area contributed by atoms with E-state index < -0.39 is 15.6 Å². The first-order chi connectivity index (χ1) is 7.27. The summed E-state index contributed by atoms with van der Waals surface area (Å²) >= 11 is 8.96. The minimum atomic E-state index is -3.49. The second kappa shape index (κ2) is 5.04. The van der Waals surface area contributed by atoms with Gasteiger partial charge in [0.15, 0.2) is 0 Å². The highest BCUT2D eigenvalue weighted by Gasteiger charge is 2.24. The Morgan fingerprint density at radius 2 is 1.81 bits per heavy atom. The maximum atomic E-state index is 11.9.